The molecule has 0 saturated heterocycles. The highest BCUT2D eigenvalue weighted by molar-refractivity contribution is 5.66. The first kappa shape index (κ1) is 12.5. The normalized spacial score (nSPS) is 15.9. The highest BCUT2D eigenvalue weighted by atomic mass is 16.4. The third-order valence-corrected chi connectivity index (χ3v) is 2.98. The van der Waals surface area contributed by atoms with E-state index < -0.39 is 5.97 Å². The van der Waals surface area contributed by atoms with Gasteiger partial charge in [-0.3, -0.25) is 9.69 Å². The first-order valence-electron chi connectivity index (χ1n) is 6.20. The second-order valence-electron chi connectivity index (χ2n) is 4.47. The lowest BCUT2D eigenvalue weighted by atomic mass is 10.2. The van der Waals surface area contributed by atoms with Crippen molar-refractivity contribution in [3.8, 4) is 0 Å². The molecule has 1 rings (SSSR count). The molecule has 0 spiro atoms. The highest BCUT2D eigenvalue weighted by Crippen LogP contribution is 2.27. The predicted octanol–water partition coefficient (Wildman–Crippen LogP) is 2.51. The Balaban J connectivity index is 2.10. The zero-order chi connectivity index (χ0) is 11.1. The molecule has 3 heteroatoms. The zero-order valence-electron chi connectivity index (χ0n) is 9.74. The molecule has 88 valence electrons. The molecule has 1 N–H and O–H groups in total. The van der Waals surface area contributed by atoms with Gasteiger partial charge < -0.3 is 5.11 Å². The molecule has 0 aromatic carbocycles. The lowest BCUT2D eigenvalue weighted by molar-refractivity contribution is -0.137. The molecule has 0 aromatic rings. The van der Waals surface area contributed by atoms with Crippen LogP contribution >= 0.6 is 0 Å². The molecule has 0 bridgehead atoms. The summed E-state index contributed by atoms with van der Waals surface area (Å²) in [6.07, 6.45) is 7.91. The lowest BCUT2D eigenvalue weighted by Gasteiger charge is -2.20. The van der Waals surface area contributed by atoms with E-state index in [1.165, 1.54) is 38.5 Å². The van der Waals surface area contributed by atoms with Gasteiger partial charge >= 0.3 is 5.97 Å². The van der Waals surface area contributed by atoms with Crippen LogP contribution in [-0.2, 0) is 4.79 Å². The number of carbonyl (C=O) groups is 1. The van der Waals surface area contributed by atoms with Gasteiger partial charge in [-0.25, -0.2) is 0 Å². The summed E-state index contributed by atoms with van der Waals surface area (Å²) in [4.78, 5) is 12.9. The van der Waals surface area contributed by atoms with Gasteiger partial charge in [0, 0.05) is 12.6 Å². The largest absolute Gasteiger partial charge is 0.481 e. The van der Waals surface area contributed by atoms with Gasteiger partial charge in [0.2, 0.25) is 0 Å². The first-order valence-corrected chi connectivity index (χ1v) is 6.20. The third kappa shape index (κ3) is 5.78. The Morgan fingerprint density at radius 2 is 2.00 bits per heavy atom. The zero-order valence-corrected chi connectivity index (χ0v) is 9.74. The fourth-order valence-corrected chi connectivity index (χ4v) is 1.90. The van der Waals surface area contributed by atoms with Crippen molar-refractivity contribution in [2.45, 2.75) is 57.9 Å². The van der Waals surface area contributed by atoms with Gasteiger partial charge in [0.1, 0.15) is 0 Å². The van der Waals surface area contributed by atoms with Crippen LogP contribution in [0.2, 0.25) is 0 Å². The molecule has 0 unspecified atom stereocenters. The number of hydrogen-bond acceptors (Lipinski definition) is 2. The number of aliphatic carboxylic acids is 1. The number of nitrogens with zero attached hydrogens (tertiary/aromatic N) is 1. The Morgan fingerprint density at radius 3 is 2.53 bits per heavy atom. The van der Waals surface area contributed by atoms with E-state index in [9.17, 15) is 4.79 Å². The molecule has 15 heavy (non-hydrogen) atoms. The van der Waals surface area contributed by atoms with Crippen LogP contribution in [0.4, 0.5) is 0 Å². The van der Waals surface area contributed by atoms with Crippen molar-refractivity contribution in [1.29, 1.82) is 0 Å². The van der Waals surface area contributed by atoms with Gasteiger partial charge in [0.15, 0.2) is 0 Å². The third-order valence-electron chi connectivity index (χ3n) is 2.98. The number of hydrogen-bond donors (Lipinski definition) is 1. The molecule has 0 aromatic heterocycles. The number of rotatable bonds is 9. The molecule has 0 radical (unpaired) electrons. The summed E-state index contributed by atoms with van der Waals surface area (Å²) in [7, 11) is 0. The van der Waals surface area contributed by atoms with Crippen LogP contribution in [0, 0.1) is 0 Å². The van der Waals surface area contributed by atoms with Gasteiger partial charge in [0.25, 0.3) is 0 Å². The smallest absolute Gasteiger partial charge is 0.304 e. The van der Waals surface area contributed by atoms with Crippen LogP contribution < -0.4 is 0 Å². The molecule has 1 fully saturated rings. The van der Waals surface area contributed by atoms with E-state index in [0.717, 1.165) is 13.1 Å². The minimum atomic E-state index is -0.672. The fourth-order valence-electron chi connectivity index (χ4n) is 1.90. The van der Waals surface area contributed by atoms with Gasteiger partial charge in [-0.05, 0) is 25.8 Å². The Hall–Kier alpha value is -0.570. The summed E-state index contributed by atoms with van der Waals surface area (Å²) >= 11 is 0. The Morgan fingerprint density at radius 1 is 1.27 bits per heavy atom. The number of carboxylic acid groups (broad SMARTS) is 1. The van der Waals surface area contributed by atoms with Gasteiger partial charge in [-0.1, -0.05) is 26.2 Å². The van der Waals surface area contributed by atoms with E-state index in [4.69, 9.17) is 5.11 Å². The van der Waals surface area contributed by atoms with Crippen LogP contribution in [0.3, 0.4) is 0 Å². The highest BCUT2D eigenvalue weighted by Gasteiger charge is 2.28. The topological polar surface area (TPSA) is 40.5 Å². The van der Waals surface area contributed by atoms with Crippen molar-refractivity contribution < 1.29 is 9.90 Å². The maximum Gasteiger partial charge on any atom is 0.304 e. The summed E-state index contributed by atoms with van der Waals surface area (Å²) in [6, 6.07) is 0.700. The second kappa shape index (κ2) is 6.83. The molecular weight excluding hydrogens is 190 g/mol. The molecule has 0 atom stereocenters. The quantitative estimate of drug-likeness (QED) is 0.598. The fraction of sp³-hybridized carbons (Fsp3) is 0.917. The summed E-state index contributed by atoms with van der Waals surface area (Å²) < 4.78 is 0. The van der Waals surface area contributed by atoms with E-state index in [0.29, 0.717) is 12.5 Å². The minimum absolute atomic E-state index is 0.296. The predicted molar refractivity (Wildman–Crippen MR) is 61.0 cm³/mol. The Bertz CT molecular complexity index is 190. The van der Waals surface area contributed by atoms with Crippen molar-refractivity contribution in [2.75, 3.05) is 13.1 Å². The molecule has 1 aliphatic rings. The maximum atomic E-state index is 10.5. The summed E-state index contributed by atoms with van der Waals surface area (Å²) in [5, 5.41) is 8.65. The molecule has 0 aliphatic heterocycles. The summed E-state index contributed by atoms with van der Waals surface area (Å²) in [5.74, 6) is -0.672. The van der Waals surface area contributed by atoms with Crippen LogP contribution in [-0.4, -0.2) is 35.1 Å². The van der Waals surface area contributed by atoms with E-state index >= 15 is 0 Å². The van der Waals surface area contributed by atoms with Crippen LogP contribution in [0.1, 0.15) is 51.9 Å². The molecule has 0 amide bonds. The van der Waals surface area contributed by atoms with Crippen molar-refractivity contribution in [3.05, 3.63) is 0 Å². The van der Waals surface area contributed by atoms with E-state index in [1.807, 2.05) is 0 Å². The average Bonchev–Trinajstić information content (AvgIpc) is 3.00. The molecule has 3 nitrogen and oxygen atoms in total. The van der Waals surface area contributed by atoms with E-state index in [-0.39, 0.29) is 0 Å². The van der Waals surface area contributed by atoms with Crippen molar-refractivity contribution in [2.24, 2.45) is 0 Å². The standard InChI is InChI=1S/C12H23NO2/c1-2-3-4-5-9-13(11-6-7-11)10-8-12(14)15/h11H,2-10H2,1H3,(H,14,15). The monoisotopic (exact) mass is 213 g/mol. The van der Waals surface area contributed by atoms with E-state index in [2.05, 4.69) is 11.8 Å². The number of unbranched alkanes of at least 4 members (excludes halogenated alkanes) is 3. The average molecular weight is 213 g/mol. The molecular formula is C12H23NO2. The van der Waals surface area contributed by atoms with Crippen LogP contribution in [0.15, 0.2) is 0 Å². The SMILES string of the molecule is CCCCCCN(CCC(=O)O)C1CC1. The second-order valence-corrected chi connectivity index (χ2v) is 4.47. The first-order chi connectivity index (χ1) is 7.24. The molecule has 1 saturated carbocycles. The summed E-state index contributed by atoms with van der Waals surface area (Å²) in [6.45, 7) is 4.05. The van der Waals surface area contributed by atoms with E-state index in [1.54, 1.807) is 0 Å². The van der Waals surface area contributed by atoms with Crippen LogP contribution in [0.5, 0.6) is 0 Å². The van der Waals surface area contributed by atoms with Crippen molar-refractivity contribution in [1.82, 2.24) is 4.90 Å². The molecule has 1 aliphatic carbocycles. The van der Waals surface area contributed by atoms with Gasteiger partial charge in [-0.15, -0.1) is 0 Å². The van der Waals surface area contributed by atoms with Crippen molar-refractivity contribution >= 4 is 5.97 Å². The number of carboxylic acids is 1. The summed E-state index contributed by atoms with van der Waals surface area (Å²) in [5.41, 5.74) is 0. The Kier molecular flexibility index (Phi) is 5.69. The Labute approximate surface area is 92.5 Å². The van der Waals surface area contributed by atoms with Crippen LogP contribution in [0.25, 0.3) is 0 Å². The maximum absolute atomic E-state index is 10.5. The molecule has 0 heterocycles. The minimum Gasteiger partial charge on any atom is -0.481 e. The van der Waals surface area contributed by atoms with Crippen molar-refractivity contribution in [3.63, 3.8) is 0 Å². The lowest BCUT2D eigenvalue weighted by Crippen LogP contribution is -2.29. The van der Waals surface area contributed by atoms with Gasteiger partial charge in [-0.2, -0.15) is 0 Å². The van der Waals surface area contributed by atoms with Gasteiger partial charge in [0.05, 0.1) is 6.42 Å².